The molecule has 28 heavy (non-hydrogen) atoms. The summed E-state index contributed by atoms with van der Waals surface area (Å²) >= 11 is 0. The molecule has 1 aliphatic rings. The molecule has 4 rings (SSSR count). The molecular weight excluding hydrogens is 372 g/mol. The maximum absolute atomic E-state index is 11.9. The van der Waals surface area contributed by atoms with Crippen LogP contribution in [0, 0.1) is 13.8 Å². The molecule has 1 saturated heterocycles. The van der Waals surface area contributed by atoms with E-state index >= 15 is 0 Å². The number of aryl methyl sites for hydroxylation is 2. The van der Waals surface area contributed by atoms with E-state index in [4.69, 9.17) is 18.3 Å². The lowest BCUT2D eigenvalue weighted by molar-refractivity contribution is -0.277. The van der Waals surface area contributed by atoms with Gasteiger partial charge in [0.25, 0.3) is 0 Å². The first-order chi connectivity index (χ1) is 13.3. The third-order valence-corrected chi connectivity index (χ3v) is 5.01. The van der Waals surface area contributed by atoms with Crippen LogP contribution < -0.4 is 10.4 Å². The number of rotatable bonds is 3. The molecule has 9 nitrogen and oxygen atoms in total. The molecule has 1 aliphatic heterocycles. The molecule has 9 heteroatoms. The second-order valence-electron chi connectivity index (χ2n) is 6.94. The van der Waals surface area contributed by atoms with Crippen LogP contribution in [0.2, 0.25) is 0 Å². The van der Waals surface area contributed by atoms with E-state index in [9.17, 15) is 25.2 Å². The van der Waals surface area contributed by atoms with Gasteiger partial charge in [-0.25, -0.2) is 4.79 Å². The van der Waals surface area contributed by atoms with Gasteiger partial charge >= 0.3 is 5.63 Å². The number of aliphatic hydroxyl groups is 4. The summed E-state index contributed by atoms with van der Waals surface area (Å²) in [4.78, 5) is 11.9. The van der Waals surface area contributed by atoms with Gasteiger partial charge < -0.3 is 38.7 Å². The lowest BCUT2D eigenvalue weighted by atomic mass is 9.99. The largest absolute Gasteiger partial charge is 0.460 e. The number of ether oxygens (including phenoxy) is 2. The summed E-state index contributed by atoms with van der Waals surface area (Å²) in [5.74, 6) is 0.0192. The van der Waals surface area contributed by atoms with E-state index < -0.39 is 42.9 Å². The van der Waals surface area contributed by atoms with Crippen molar-refractivity contribution in [2.45, 2.75) is 44.6 Å². The Hall–Kier alpha value is -2.43. The molecule has 0 aliphatic carbocycles. The van der Waals surface area contributed by atoms with Crippen molar-refractivity contribution in [1.29, 1.82) is 0 Å². The van der Waals surface area contributed by atoms with Gasteiger partial charge in [-0.2, -0.15) is 0 Å². The van der Waals surface area contributed by atoms with Gasteiger partial charge in [0.05, 0.1) is 12.9 Å². The summed E-state index contributed by atoms with van der Waals surface area (Å²) in [5, 5.41) is 40.9. The van der Waals surface area contributed by atoms with E-state index in [0.717, 1.165) is 5.56 Å². The molecule has 1 aromatic carbocycles. The van der Waals surface area contributed by atoms with Crippen LogP contribution in [-0.4, -0.2) is 57.7 Å². The fraction of sp³-hybridized carbons (Fsp3) is 0.421. The van der Waals surface area contributed by atoms with Crippen molar-refractivity contribution in [3.05, 3.63) is 39.9 Å². The molecule has 0 unspecified atom stereocenters. The van der Waals surface area contributed by atoms with Crippen LogP contribution in [0.3, 0.4) is 0 Å². The van der Waals surface area contributed by atoms with Crippen molar-refractivity contribution in [3.63, 3.8) is 0 Å². The van der Waals surface area contributed by atoms with Crippen molar-refractivity contribution in [2.24, 2.45) is 0 Å². The number of hydrogen-bond donors (Lipinski definition) is 4. The van der Waals surface area contributed by atoms with Gasteiger partial charge in [0, 0.05) is 16.8 Å². The van der Waals surface area contributed by atoms with Crippen molar-refractivity contribution in [2.75, 3.05) is 6.61 Å². The number of benzene rings is 1. The Labute approximate surface area is 158 Å². The van der Waals surface area contributed by atoms with Gasteiger partial charge in [0.2, 0.25) is 12.0 Å². The van der Waals surface area contributed by atoms with E-state index in [0.29, 0.717) is 16.3 Å². The summed E-state index contributed by atoms with van der Waals surface area (Å²) in [5.41, 5.74) is 1.26. The smallest absolute Gasteiger partial charge is 0.336 e. The summed E-state index contributed by atoms with van der Waals surface area (Å²) < 4.78 is 22.1. The minimum Gasteiger partial charge on any atom is -0.460 e. The monoisotopic (exact) mass is 392 g/mol. The summed E-state index contributed by atoms with van der Waals surface area (Å²) in [6.45, 7) is 2.99. The van der Waals surface area contributed by atoms with Crippen LogP contribution in [0.15, 0.2) is 32.0 Å². The Morgan fingerprint density at radius 1 is 1.00 bits per heavy atom. The fourth-order valence-electron chi connectivity index (χ4n) is 3.41. The first-order valence-electron chi connectivity index (χ1n) is 8.74. The highest BCUT2D eigenvalue weighted by molar-refractivity contribution is 6.02. The van der Waals surface area contributed by atoms with Crippen LogP contribution in [0.4, 0.5) is 0 Å². The van der Waals surface area contributed by atoms with E-state index in [2.05, 4.69) is 0 Å². The predicted octanol–water partition coefficient (Wildman–Crippen LogP) is 0.335. The molecule has 2 aromatic heterocycles. The Balaban J connectivity index is 1.88. The molecule has 0 radical (unpaired) electrons. The Bertz CT molecular complexity index is 1080. The predicted molar refractivity (Wildman–Crippen MR) is 96.1 cm³/mol. The molecule has 5 atom stereocenters. The third kappa shape index (κ3) is 2.88. The molecule has 0 spiro atoms. The SMILES string of the molecule is Cc1coc2c(O[C@@H]3O[C@H](CO)[C@H](O)[C@H](O)[C@H]3O)c3oc(=O)cc(C)c3cc12. The third-order valence-electron chi connectivity index (χ3n) is 5.01. The lowest BCUT2D eigenvalue weighted by Crippen LogP contribution is -2.60. The zero-order valence-corrected chi connectivity index (χ0v) is 15.2. The van der Waals surface area contributed by atoms with Crippen LogP contribution in [0.25, 0.3) is 21.9 Å². The van der Waals surface area contributed by atoms with E-state index in [1.54, 1.807) is 6.92 Å². The topological polar surface area (TPSA) is 143 Å². The van der Waals surface area contributed by atoms with E-state index in [-0.39, 0.29) is 16.9 Å². The first kappa shape index (κ1) is 18.9. The van der Waals surface area contributed by atoms with Gasteiger partial charge in [-0.05, 0) is 31.0 Å². The molecule has 150 valence electrons. The Kier molecular flexibility index (Phi) is 4.64. The zero-order valence-electron chi connectivity index (χ0n) is 15.2. The van der Waals surface area contributed by atoms with Gasteiger partial charge in [-0.1, -0.05) is 0 Å². The first-order valence-corrected chi connectivity index (χ1v) is 8.74. The van der Waals surface area contributed by atoms with Crippen molar-refractivity contribution >= 4 is 21.9 Å². The number of hydrogen-bond acceptors (Lipinski definition) is 9. The second kappa shape index (κ2) is 6.87. The maximum Gasteiger partial charge on any atom is 0.336 e. The van der Waals surface area contributed by atoms with Gasteiger partial charge in [0.1, 0.15) is 24.4 Å². The minimum absolute atomic E-state index is 0.0192. The molecule has 0 amide bonds. The van der Waals surface area contributed by atoms with Crippen LogP contribution >= 0.6 is 0 Å². The van der Waals surface area contributed by atoms with Crippen molar-refractivity contribution in [3.8, 4) is 5.75 Å². The summed E-state index contributed by atoms with van der Waals surface area (Å²) in [6, 6.07) is 3.16. The fourth-order valence-corrected chi connectivity index (χ4v) is 3.41. The van der Waals surface area contributed by atoms with Crippen molar-refractivity contribution in [1.82, 2.24) is 0 Å². The molecular formula is C19H20O9. The minimum atomic E-state index is -1.62. The van der Waals surface area contributed by atoms with Crippen LogP contribution in [0.5, 0.6) is 5.75 Å². The molecule has 4 N–H and O–H groups in total. The van der Waals surface area contributed by atoms with Crippen LogP contribution in [-0.2, 0) is 4.74 Å². The van der Waals surface area contributed by atoms with E-state index in [1.807, 2.05) is 13.0 Å². The van der Waals surface area contributed by atoms with Gasteiger partial charge in [0.15, 0.2) is 11.2 Å². The Morgan fingerprint density at radius 3 is 2.43 bits per heavy atom. The highest BCUT2D eigenvalue weighted by atomic mass is 16.7. The normalized spacial score (nSPS) is 28.1. The average molecular weight is 392 g/mol. The summed E-state index contributed by atoms with van der Waals surface area (Å²) in [6.07, 6.45) is -5.80. The van der Waals surface area contributed by atoms with E-state index in [1.165, 1.54) is 12.3 Å². The molecule has 3 heterocycles. The molecule has 0 bridgehead atoms. The standard InChI is InChI=1S/C19H20O9/c1-7-3-12(21)27-17-9(7)4-10-8(2)6-25-16(10)18(17)28-19-15(24)14(23)13(22)11(5-20)26-19/h3-4,6,11,13-15,19-20,22-24H,5H2,1-2H3/t11-,13+,14+,15-,19+/m1/s1. The Morgan fingerprint density at radius 2 is 1.71 bits per heavy atom. The van der Waals surface area contributed by atoms with Crippen LogP contribution in [0.1, 0.15) is 11.1 Å². The van der Waals surface area contributed by atoms with Gasteiger partial charge in [-0.3, -0.25) is 0 Å². The molecule has 0 saturated carbocycles. The maximum atomic E-state index is 11.9. The summed E-state index contributed by atoms with van der Waals surface area (Å²) in [7, 11) is 0. The number of fused-ring (bicyclic) bond motifs is 2. The van der Waals surface area contributed by atoms with Gasteiger partial charge in [-0.15, -0.1) is 0 Å². The molecule has 3 aromatic rings. The zero-order chi connectivity index (χ0) is 20.2. The quantitative estimate of drug-likeness (QED) is 0.464. The average Bonchev–Trinajstić information content (AvgIpc) is 3.03. The number of furan rings is 1. The lowest BCUT2D eigenvalue weighted by Gasteiger charge is -2.39. The molecule has 1 fully saturated rings. The highest BCUT2D eigenvalue weighted by Crippen LogP contribution is 2.39. The second-order valence-corrected chi connectivity index (χ2v) is 6.94. The number of aliphatic hydroxyl groups excluding tert-OH is 4. The van der Waals surface area contributed by atoms with Crippen molar-refractivity contribution < 1.29 is 38.7 Å². The highest BCUT2D eigenvalue weighted by Gasteiger charge is 2.45.